The molecular weight excluding hydrogens is 255 g/mol. The number of benzene rings is 2. The van der Waals surface area contributed by atoms with Gasteiger partial charge in [-0.2, -0.15) is 0 Å². The van der Waals surface area contributed by atoms with Gasteiger partial charge in [-0.3, -0.25) is 4.79 Å². The van der Waals surface area contributed by atoms with Crippen LogP contribution in [0.15, 0.2) is 54.6 Å². The van der Waals surface area contributed by atoms with E-state index in [9.17, 15) is 4.79 Å². The Bertz CT molecular complexity index is 523. The van der Waals surface area contributed by atoms with Crippen LogP contribution < -0.4 is 0 Å². The van der Waals surface area contributed by atoms with Gasteiger partial charge >= 0.3 is 0 Å². The van der Waals surface area contributed by atoms with Crippen LogP contribution in [0.2, 0.25) is 5.02 Å². The number of rotatable bonds is 3. The zero-order valence-corrected chi connectivity index (χ0v) is 10.4. The van der Waals surface area contributed by atoms with Crippen LogP contribution in [0.25, 0.3) is 0 Å². The summed E-state index contributed by atoms with van der Waals surface area (Å²) in [6.07, 6.45) is 0. The van der Waals surface area contributed by atoms with Crippen LogP contribution in [0, 0.1) is 0 Å². The summed E-state index contributed by atoms with van der Waals surface area (Å²) < 4.78 is 0. The molecule has 0 aromatic heterocycles. The lowest BCUT2D eigenvalue weighted by molar-refractivity contribution is -0.112. The van der Waals surface area contributed by atoms with Gasteiger partial charge in [-0.15, -0.1) is 0 Å². The fraction of sp³-hybridized carbons (Fsp3) is 0.0714. The minimum atomic E-state index is -0.508. The number of carbonyl (C=O) groups is 1. The van der Waals surface area contributed by atoms with Gasteiger partial charge in [0, 0.05) is 5.02 Å². The molecule has 2 aromatic rings. The van der Waals surface area contributed by atoms with Crippen LogP contribution in [-0.2, 0) is 4.79 Å². The molecule has 1 unspecified atom stereocenters. The van der Waals surface area contributed by atoms with Crippen molar-refractivity contribution in [3.8, 4) is 0 Å². The van der Waals surface area contributed by atoms with Crippen molar-refractivity contribution in [1.82, 2.24) is 0 Å². The first-order chi connectivity index (χ1) is 8.20. The zero-order valence-electron chi connectivity index (χ0n) is 8.94. The molecule has 0 spiro atoms. The highest BCUT2D eigenvalue weighted by molar-refractivity contribution is 6.65. The average Bonchev–Trinajstić information content (AvgIpc) is 2.33. The molecule has 0 aliphatic carbocycles. The molecule has 0 bridgehead atoms. The largest absolute Gasteiger partial charge is 0.280 e. The summed E-state index contributed by atoms with van der Waals surface area (Å²) in [5.74, 6) is -0.508. The van der Waals surface area contributed by atoms with E-state index in [1.54, 1.807) is 6.07 Å². The van der Waals surface area contributed by atoms with E-state index in [4.69, 9.17) is 23.2 Å². The van der Waals surface area contributed by atoms with E-state index < -0.39 is 11.2 Å². The van der Waals surface area contributed by atoms with Gasteiger partial charge < -0.3 is 0 Å². The van der Waals surface area contributed by atoms with Crippen molar-refractivity contribution >= 4 is 28.4 Å². The van der Waals surface area contributed by atoms with E-state index in [1.165, 1.54) is 0 Å². The first kappa shape index (κ1) is 12.2. The maximum atomic E-state index is 11.6. The molecule has 2 aromatic carbocycles. The molecular formula is C14H10Cl2O. The van der Waals surface area contributed by atoms with Crippen molar-refractivity contribution in [3.63, 3.8) is 0 Å². The molecule has 0 N–H and O–H groups in total. The third kappa shape index (κ3) is 2.68. The van der Waals surface area contributed by atoms with Gasteiger partial charge in [0.15, 0.2) is 0 Å². The van der Waals surface area contributed by atoms with Gasteiger partial charge in [0.2, 0.25) is 5.24 Å². The van der Waals surface area contributed by atoms with Crippen molar-refractivity contribution in [3.05, 3.63) is 70.7 Å². The molecule has 2 rings (SSSR count). The predicted molar refractivity (Wildman–Crippen MR) is 70.6 cm³/mol. The molecule has 0 saturated heterocycles. The quantitative estimate of drug-likeness (QED) is 0.759. The molecule has 0 fully saturated rings. The summed E-state index contributed by atoms with van der Waals surface area (Å²) >= 11 is 11.8. The van der Waals surface area contributed by atoms with Crippen molar-refractivity contribution < 1.29 is 4.79 Å². The Balaban J connectivity index is 2.51. The minimum absolute atomic E-state index is 0.427. The standard InChI is InChI=1S/C14H10Cl2O/c15-12-9-5-4-8-11(12)13(14(16)17)10-6-2-1-3-7-10/h1-9,13H. The summed E-state index contributed by atoms with van der Waals surface area (Å²) in [6, 6.07) is 16.6. The van der Waals surface area contributed by atoms with Crippen LogP contribution in [-0.4, -0.2) is 5.24 Å². The highest BCUT2D eigenvalue weighted by atomic mass is 35.5. The molecule has 1 atom stereocenters. The van der Waals surface area contributed by atoms with Crippen LogP contribution in [0.3, 0.4) is 0 Å². The minimum Gasteiger partial charge on any atom is -0.280 e. The summed E-state index contributed by atoms with van der Waals surface area (Å²) in [7, 11) is 0. The lowest BCUT2D eigenvalue weighted by Gasteiger charge is -2.14. The molecule has 0 radical (unpaired) electrons. The van der Waals surface area contributed by atoms with E-state index in [2.05, 4.69) is 0 Å². The van der Waals surface area contributed by atoms with Gasteiger partial charge in [-0.1, -0.05) is 60.1 Å². The number of hydrogen-bond acceptors (Lipinski definition) is 1. The van der Waals surface area contributed by atoms with E-state index in [1.807, 2.05) is 48.5 Å². The highest BCUT2D eigenvalue weighted by Crippen LogP contribution is 2.31. The first-order valence-electron chi connectivity index (χ1n) is 5.19. The summed E-state index contributed by atoms with van der Waals surface area (Å²) in [4.78, 5) is 11.6. The van der Waals surface area contributed by atoms with Crippen LogP contribution in [0.4, 0.5) is 0 Å². The second kappa shape index (κ2) is 5.35. The molecule has 17 heavy (non-hydrogen) atoms. The normalized spacial score (nSPS) is 12.1. The monoisotopic (exact) mass is 264 g/mol. The molecule has 0 amide bonds. The third-order valence-electron chi connectivity index (χ3n) is 2.58. The Hall–Kier alpha value is -1.31. The Labute approximate surface area is 110 Å². The zero-order chi connectivity index (χ0) is 12.3. The number of hydrogen-bond donors (Lipinski definition) is 0. The molecule has 0 heterocycles. The Kier molecular flexibility index (Phi) is 3.82. The molecule has 0 aliphatic rings. The van der Waals surface area contributed by atoms with Gasteiger partial charge in [-0.25, -0.2) is 0 Å². The summed E-state index contributed by atoms with van der Waals surface area (Å²) in [5, 5.41) is 0.125. The third-order valence-corrected chi connectivity index (χ3v) is 3.14. The topological polar surface area (TPSA) is 17.1 Å². The molecule has 0 saturated carbocycles. The average molecular weight is 265 g/mol. The lowest BCUT2D eigenvalue weighted by Crippen LogP contribution is -2.08. The fourth-order valence-corrected chi connectivity index (χ4v) is 2.28. The van der Waals surface area contributed by atoms with Crippen LogP contribution in [0.1, 0.15) is 17.0 Å². The van der Waals surface area contributed by atoms with Crippen LogP contribution in [0.5, 0.6) is 0 Å². The van der Waals surface area contributed by atoms with Gasteiger partial charge in [0.1, 0.15) is 0 Å². The van der Waals surface area contributed by atoms with Crippen molar-refractivity contribution in [2.75, 3.05) is 0 Å². The number of carbonyl (C=O) groups excluding carboxylic acids is 1. The van der Waals surface area contributed by atoms with Crippen molar-refractivity contribution in [1.29, 1.82) is 0 Å². The van der Waals surface area contributed by atoms with Crippen molar-refractivity contribution in [2.24, 2.45) is 0 Å². The smallest absolute Gasteiger partial charge is 0.233 e. The van der Waals surface area contributed by atoms with E-state index in [-0.39, 0.29) is 0 Å². The van der Waals surface area contributed by atoms with Crippen LogP contribution >= 0.6 is 23.2 Å². The Morgan fingerprint density at radius 2 is 1.53 bits per heavy atom. The van der Waals surface area contributed by atoms with E-state index in [0.717, 1.165) is 11.1 Å². The second-order valence-corrected chi connectivity index (χ2v) is 4.45. The second-order valence-electron chi connectivity index (χ2n) is 3.67. The summed E-state index contributed by atoms with van der Waals surface area (Å²) in [6.45, 7) is 0. The maximum absolute atomic E-state index is 11.6. The Morgan fingerprint density at radius 3 is 2.12 bits per heavy atom. The summed E-state index contributed by atoms with van der Waals surface area (Å²) in [5.41, 5.74) is 1.58. The van der Waals surface area contributed by atoms with Crippen molar-refractivity contribution in [2.45, 2.75) is 5.92 Å². The maximum Gasteiger partial charge on any atom is 0.233 e. The van der Waals surface area contributed by atoms with Gasteiger partial charge in [0.05, 0.1) is 5.92 Å². The number of halogens is 2. The fourth-order valence-electron chi connectivity index (χ4n) is 1.79. The molecule has 3 heteroatoms. The highest BCUT2D eigenvalue weighted by Gasteiger charge is 2.22. The van der Waals surface area contributed by atoms with Gasteiger partial charge in [0.25, 0.3) is 0 Å². The lowest BCUT2D eigenvalue weighted by atomic mass is 9.92. The van der Waals surface area contributed by atoms with E-state index >= 15 is 0 Å². The SMILES string of the molecule is O=C(Cl)C(c1ccccc1)c1ccccc1Cl. The Morgan fingerprint density at radius 1 is 0.941 bits per heavy atom. The predicted octanol–water partition coefficient (Wildman–Crippen LogP) is 4.24. The van der Waals surface area contributed by atoms with E-state index in [0.29, 0.717) is 5.02 Å². The first-order valence-corrected chi connectivity index (χ1v) is 5.94. The molecule has 0 aliphatic heterocycles. The molecule has 1 nitrogen and oxygen atoms in total. The van der Waals surface area contributed by atoms with Gasteiger partial charge in [-0.05, 0) is 28.8 Å². The molecule has 86 valence electrons.